The highest BCUT2D eigenvalue weighted by Crippen LogP contribution is 2.18. The van der Waals surface area contributed by atoms with E-state index in [1.165, 1.54) is 0 Å². The second kappa shape index (κ2) is 6.60. The lowest BCUT2D eigenvalue weighted by Gasteiger charge is -2.07. The van der Waals surface area contributed by atoms with Crippen LogP contribution in [-0.4, -0.2) is 27.4 Å². The number of aromatic nitrogens is 2. The minimum Gasteiger partial charge on any atom is -0.462 e. The summed E-state index contributed by atoms with van der Waals surface area (Å²) in [6.45, 7) is -0.726. The molecule has 0 saturated heterocycles. The van der Waals surface area contributed by atoms with Gasteiger partial charge in [-0.1, -0.05) is 0 Å². The first-order chi connectivity index (χ1) is 10.9. The van der Waals surface area contributed by atoms with E-state index < -0.39 is 46.2 Å². The van der Waals surface area contributed by atoms with Gasteiger partial charge in [-0.15, -0.1) is 0 Å². The third-order valence-electron chi connectivity index (χ3n) is 2.52. The first kappa shape index (κ1) is 16.0. The van der Waals surface area contributed by atoms with Crippen molar-refractivity contribution < 1.29 is 23.2 Å². The smallest absolute Gasteiger partial charge is 0.395 e. The number of hydrogen-bond acceptors (Lipinski definition) is 6. The molecule has 120 valence electrons. The second-order valence-electron chi connectivity index (χ2n) is 4.11. The Hall–Kier alpha value is -3.37. The number of carbonyl (C=O) groups is 1. The summed E-state index contributed by atoms with van der Waals surface area (Å²) in [5.74, 6) is -3.69. The van der Waals surface area contributed by atoms with E-state index in [-0.39, 0.29) is 5.69 Å². The molecule has 0 aliphatic rings. The summed E-state index contributed by atoms with van der Waals surface area (Å²) in [7, 11) is 0. The van der Waals surface area contributed by atoms with Gasteiger partial charge in [-0.25, -0.2) is 8.78 Å². The molecule has 0 aliphatic heterocycles. The van der Waals surface area contributed by atoms with Crippen LogP contribution < -0.4 is 15.6 Å². The van der Waals surface area contributed by atoms with E-state index >= 15 is 0 Å². The first-order valence-corrected chi connectivity index (χ1v) is 5.98. The highest BCUT2D eigenvalue weighted by Gasteiger charge is 2.22. The number of carbonyl (C=O) groups excluding carboxylic acids is 1. The molecule has 0 radical (unpaired) electrons. The number of amides is 1. The van der Waals surface area contributed by atoms with Crippen molar-refractivity contribution in [3.8, 4) is 5.88 Å². The lowest BCUT2D eigenvalue weighted by Crippen LogP contribution is -2.22. The predicted molar refractivity (Wildman–Crippen MR) is 72.0 cm³/mol. The molecule has 0 spiro atoms. The number of nitrogens with one attached hydrogen (secondary N) is 2. The van der Waals surface area contributed by atoms with E-state index in [0.29, 0.717) is 0 Å². The molecule has 1 aromatic carbocycles. The van der Waals surface area contributed by atoms with Crippen LogP contribution in [0.3, 0.4) is 0 Å². The molecule has 2 aromatic rings. The van der Waals surface area contributed by atoms with Crippen LogP contribution in [0.4, 0.5) is 20.2 Å². The largest absolute Gasteiger partial charge is 0.462 e. The van der Waals surface area contributed by atoms with Gasteiger partial charge in [-0.3, -0.25) is 19.7 Å². The Bertz CT molecular complexity index is 823. The van der Waals surface area contributed by atoms with Gasteiger partial charge in [-0.2, -0.15) is 4.98 Å². The summed E-state index contributed by atoms with van der Waals surface area (Å²) in [5.41, 5.74) is -2.03. The van der Waals surface area contributed by atoms with Gasteiger partial charge in [0.25, 0.3) is 5.91 Å². The SMILES string of the molecule is O=C(COc1nc[nH]c(=O)c1[N+](=O)[O-])Nc1ccc(F)c(F)c1. The number of aromatic amines is 1. The molecule has 23 heavy (non-hydrogen) atoms. The fourth-order valence-electron chi connectivity index (χ4n) is 1.55. The maximum Gasteiger partial charge on any atom is 0.395 e. The number of ether oxygens (including phenoxy) is 1. The molecule has 0 fully saturated rings. The van der Waals surface area contributed by atoms with Gasteiger partial charge in [0, 0.05) is 11.8 Å². The fourth-order valence-corrected chi connectivity index (χ4v) is 1.55. The van der Waals surface area contributed by atoms with Gasteiger partial charge in [0.15, 0.2) is 18.2 Å². The normalized spacial score (nSPS) is 10.2. The van der Waals surface area contributed by atoms with Crippen molar-refractivity contribution in [3.05, 3.63) is 56.6 Å². The highest BCUT2D eigenvalue weighted by atomic mass is 19.2. The molecule has 2 rings (SSSR count). The van der Waals surface area contributed by atoms with E-state index in [2.05, 4.69) is 10.3 Å². The van der Waals surface area contributed by atoms with Crippen LogP contribution in [0.25, 0.3) is 0 Å². The fraction of sp³-hybridized carbons (Fsp3) is 0.0833. The van der Waals surface area contributed by atoms with Gasteiger partial charge < -0.3 is 15.0 Å². The van der Waals surface area contributed by atoms with Gasteiger partial charge >= 0.3 is 17.1 Å². The topological polar surface area (TPSA) is 127 Å². The zero-order valence-corrected chi connectivity index (χ0v) is 11.2. The lowest BCUT2D eigenvalue weighted by atomic mass is 10.3. The zero-order valence-electron chi connectivity index (χ0n) is 11.2. The van der Waals surface area contributed by atoms with Crippen LogP contribution in [0, 0.1) is 21.7 Å². The van der Waals surface area contributed by atoms with E-state index in [4.69, 9.17) is 4.74 Å². The summed E-state index contributed by atoms with van der Waals surface area (Å²) in [6, 6.07) is 2.68. The van der Waals surface area contributed by atoms with Crippen molar-refractivity contribution in [2.45, 2.75) is 0 Å². The number of hydrogen-bond donors (Lipinski definition) is 2. The van der Waals surface area contributed by atoms with Crippen molar-refractivity contribution in [2.24, 2.45) is 0 Å². The van der Waals surface area contributed by atoms with Gasteiger partial charge in [-0.05, 0) is 12.1 Å². The number of halogens is 2. The molecule has 11 heteroatoms. The Kier molecular flexibility index (Phi) is 4.59. The van der Waals surface area contributed by atoms with E-state index in [9.17, 15) is 28.5 Å². The monoisotopic (exact) mass is 326 g/mol. The van der Waals surface area contributed by atoms with Crippen molar-refractivity contribution in [1.29, 1.82) is 0 Å². The quantitative estimate of drug-likeness (QED) is 0.622. The van der Waals surface area contributed by atoms with Crippen molar-refractivity contribution in [2.75, 3.05) is 11.9 Å². The molecule has 0 unspecified atom stereocenters. The maximum absolute atomic E-state index is 13.0. The summed E-state index contributed by atoms with van der Waals surface area (Å²) < 4.78 is 30.5. The van der Waals surface area contributed by atoms with E-state index in [0.717, 1.165) is 24.5 Å². The standard InChI is InChI=1S/C12H8F2N4O5/c13-7-2-1-6(3-8(7)14)17-9(19)4-23-12-10(18(21)22)11(20)15-5-16-12/h1-3,5H,4H2,(H,17,19)(H,15,16,20). The van der Waals surface area contributed by atoms with E-state index in [1.54, 1.807) is 0 Å². The number of H-pyrrole nitrogens is 1. The molecule has 0 atom stereocenters. The Morgan fingerprint density at radius 3 is 2.78 bits per heavy atom. The number of nitrogens with zero attached hydrogens (tertiary/aromatic N) is 2. The number of rotatable bonds is 5. The van der Waals surface area contributed by atoms with Crippen molar-refractivity contribution in [3.63, 3.8) is 0 Å². The average Bonchev–Trinajstić information content (AvgIpc) is 2.48. The summed E-state index contributed by atoms with van der Waals surface area (Å²) >= 11 is 0. The van der Waals surface area contributed by atoms with Gasteiger partial charge in [0.1, 0.15) is 0 Å². The lowest BCUT2D eigenvalue weighted by molar-refractivity contribution is -0.387. The van der Waals surface area contributed by atoms with Crippen molar-refractivity contribution in [1.82, 2.24) is 9.97 Å². The van der Waals surface area contributed by atoms with Gasteiger partial charge in [0.05, 0.1) is 11.3 Å². The molecule has 0 bridgehead atoms. The van der Waals surface area contributed by atoms with Crippen LogP contribution in [-0.2, 0) is 4.79 Å². The molecule has 2 N–H and O–H groups in total. The summed E-state index contributed by atoms with van der Waals surface area (Å²) in [5, 5.41) is 12.9. The molecular formula is C12H8F2N4O5. The number of nitro groups is 1. The summed E-state index contributed by atoms with van der Waals surface area (Å²) in [6.07, 6.45) is 0.873. The zero-order chi connectivity index (χ0) is 17.0. The molecule has 9 nitrogen and oxygen atoms in total. The maximum atomic E-state index is 13.0. The Labute approximate surface area is 126 Å². The third kappa shape index (κ3) is 3.84. The van der Waals surface area contributed by atoms with Crippen LogP contribution in [0.2, 0.25) is 0 Å². The summed E-state index contributed by atoms with van der Waals surface area (Å²) in [4.78, 5) is 38.1. The van der Waals surface area contributed by atoms with Crippen LogP contribution >= 0.6 is 0 Å². The molecule has 1 heterocycles. The number of anilines is 1. The minimum absolute atomic E-state index is 0.0362. The van der Waals surface area contributed by atoms with Crippen LogP contribution in [0.15, 0.2) is 29.3 Å². The second-order valence-corrected chi connectivity index (χ2v) is 4.11. The highest BCUT2D eigenvalue weighted by molar-refractivity contribution is 5.91. The van der Waals surface area contributed by atoms with Crippen LogP contribution in [0.1, 0.15) is 0 Å². The molecular weight excluding hydrogens is 318 g/mol. The van der Waals surface area contributed by atoms with Crippen molar-refractivity contribution >= 4 is 17.3 Å². The van der Waals surface area contributed by atoms with E-state index in [1.807, 2.05) is 4.98 Å². The third-order valence-corrected chi connectivity index (χ3v) is 2.52. The predicted octanol–water partition coefficient (Wildman–Crippen LogP) is 0.974. The average molecular weight is 326 g/mol. The van der Waals surface area contributed by atoms with Gasteiger partial charge in [0.2, 0.25) is 0 Å². The first-order valence-electron chi connectivity index (χ1n) is 5.98. The Morgan fingerprint density at radius 1 is 1.39 bits per heavy atom. The molecule has 1 aromatic heterocycles. The number of benzene rings is 1. The molecule has 1 amide bonds. The molecule has 0 aliphatic carbocycles. The molecule has 0 saturated carbocycles. The minimum atomic E-state index is -1.16. The Balaban J connectivity index is 2.05. The van der Waals surface area contributed by atoms with Crippen LogP contribution in [0.5, 0.6) is 5.88 Å². The Morgan fingerprint density at radius 2 is 2.13 bits per heavy atom.